The first-order valence-electron chi connectivity index (χ1n) is 5.95. The Balaban J connectivity index is 2.33. The Bertz CT molecular complexity index is 617. The maximum atomic E-state index is 11.3. The molecule has 0 aliphatic heterocycles. The van der Waals surface area contributed by atoms with Crippen molar-refractivity contribution in [3.05, 3.63) is 27.5 Å². The lowest BCUT2D eigenvalue weighted by atomic mass is 10.4. The molecule has 0 amide bonds. The second-order valence-corrected chi connectivity index (χ2v) is 6.01. The SMILES string of the molecule is CCCNc1ncnc(Sc2nc(C)cs2)c1[N+](=O)[O-]. The number of hydrogen-bond donors (Lipinski definition) is 1. The first-order valence-corrected chi connectivity index (χ1v) is 7.64. The van der Waals surface area contributed by atoms with Crippen molar-refractivity contribution in [3.63, 3.8) is 0 Å². The molecule has 0 fully saturated rings. The quantitative estimate of drug-likeness (QED) is 0.497. The number of hydrogen-bond acceptors (Lipinski definition) is 8. The Morgan fingerprint density at radius 2 is 2.30 bits per heavy atom. The number of nitrogens with zero attached hydrogens (tertiary/aromatic N) is 4. The number of nitrogens with one attached hydrogen (secondary N) is 1. The van der Waals surface area contributed by atoms with E-state index in [0.29, 0.717) is 11.6 Å². The summed E-state index contributed by atoms with van der Waals surface area (Å²) in [4.78, 5) is 23.0. The molecule has 0 unspecified atom stereocenters. The standard InChI is InChI=1S/C11H13N5O2S2/c1-3-4-12-9-8(16(17)18)10(14-6-13-9)20-11-15-7(2)5-19-11/h5-6H,3-4H2,1-2H3,(H,12,13,14). The predicted octanol–water partition coefficient (Wildman–Crippen LogP) is 3.12. The van der Waals surface area contributed by atoms with Gasteiger partial charge in [-0.15, -0.1) is 11.3 Å². The first kappa shape index (κ1) is 14.7. The van der Waals surface area contributed by atoms with Gasteiger partial charge in [0.15, 0.2) is 9.37 Å². The summed E-state index contributed by atoms with van der Waals surface area (Å²) in [6.07, 6.45) is 2.18. The van der Waals surface area contributed by atoms with Crippen LogP contribution in [0.15, 0.2) is 21.1 Å². The van der Waals surface area contributed by atoms with Gasteiger partial charge in [0, 0.05) is 17.6 Å². The number of rotatable bonds is 6. The van der Waals surface area contributed by atoms with E-state index < -0.39 is 4.92 Å². The molecule has 2 heterocycles. The Kier molecular flexibility index (Phi) is 4.85. The minimum atomic E-state index is -0.458. The largest absolute Gasteiger partial charge is 0.364 e. The van der Waals surface area contributed by atoms with Gasteiger partial charge in [-0.3, -0.25) is 10.1 Å². The molecule has 0 spiro atoms. The molecule has 0 atom stereocenters. The summed E-state index contributed by atoms with van der Waals surface area (Å²) in [6, 6.07) is 0. The van der Waals surface area contributed by atoms with Crippen LogP contribution in [-0.2, 0) is 0 Å². The van der Waals surface area contributed by atoms with Gasteiger partial charge in [0.1, 0.15) is 6.33 Å². The Morgan fingerprint density at radius 3 is 2.90 bits per heavy atom. The van der Waals surface area contributed by atoms with Crippen LogP contribution in [0.25, 0.3) is 0 Å². The number of anilines is 1. The van der Waals surface area contributed by atoms with Gasteiger partial charge in [-0.1, -0.05) is 6.92 Å². The zero-order valence-corrected chi connectivity index (χ0v) is 12.6. The predicted molar refractivity (Wildman–Crippen MR) is 78.4 cm³/mol. The molecular formula is C11H13N5O2S2. The van der Waals surface area contributed by atoms with E-state index in [1.165, 1.54) is 29.4 Å². The molecule has 0 radical (unpaired) electrons. The number of nitro groups is 1. The molecule has 2 aromatic rings. The van der Waals surface area contributed by atoms with Crippen LogP contribution in [-0.4, -0.2) is 26.4 Å². The third-order valence-corrected chi connectivity index (χ3v) is 4.34. The smallest absolute Gasteiger partial charge is 0.343 e. The second-order valence-electron chi connectivity index (χ2n) is 3.92. The molecule has 0 saturated heterocycles. The van der Waals surface area contributed by atoms with Gasteiger partial charge in [-0.05, 0) is 25.1 Å². The summed E-state index contributed by atoms with van der Waals surface area (Å²) in [6.45, 7) is 4.48. The van der Waals surface area contributed by atoms with Crippen LogP contribution in [0.4, 0.5) is 11.5 Å². The normalized spacial score (nSPS) is 10.5. The average Bonchev–Trinajstić information content (AvgIpc) is 2.81. The molecule has 0 aliphatic rings. The molecule has 2 aromatic heterocycles. The van der Waals surface area contributed by atoms with Gasteiger partial charge < -0.3 is 5.32 Å². The third-order valence-electron chi connectivity index (χ3n) is 2.30. The van der Waals surface area contributed by atoms with Crippen molar-refractivity contribution < 1.29 is 4.92 Å². The molecule has 0 aliphatic carbocycles. The van der Waals surface area contributed by atoms with Crippen molar-refractivity contribution in [3.8, 4) is 0 Å². The van der Waals surface area contributed by atoms with Crippen LogP contribution in [0.5, 0.6) is 0 Å². The monoisotopic (exact) mass is 311 g/mol. The molecule has 0 saturated carbocycles. The van der Waals surface area contributed by atoms with Crippen molar-refractivity contribution in [2.75, 3.05) is 11.9 Å². The maximum Gasteiger partial charge on any atom is 0.343 e. The van der Waals surface area contributed by atoms with Crippen LogP contribution < -0.4 is 5.32 Å². The summed E-state index contributed by atoms with van der Waals surface area (Å²) >= 11 is 2.62. The molecule has 2 rings (SSSR count). The fourth-order valence-electron chi connectivity index (χ4n) is 1.44. The topological polar surface area (TPSA) is 93.8 Å². The fourth-order valence-corrected chi connectivity index (χ4v) is 3.25. The van der Waals surface area contributed by atoms with E-state index in [1.807, 2.05) is 19.2 Å². The summed E-state index contributed by atoms with van der Waals surface area (Å²) in [5.41, 5.74) is 0.789. The number of aromatic nitrogens is 3. The first-order chi connectivity index (χ1) is 9.61. The highest BCUT2D eigenvalue weighted by Crippen LogP contribution is 2.37. The van der Waals surface area contributed by atoms with Crippen molar-refractivity contribution in [1.29, 1.82) is 0 Å². The van der Waals surface area contributed by atoms with Gasteiger partial charge >= 0.3 is 5.69 Å². The molecule has 9 heteroatoms. The molecule has 0 bridgehead atoms. The Morgan fingerprint density at radius 1 is 1.50 bits per heavy atom. The van der Waals surface area contributed by atoms with E-state index >= 15 is 0 Å². The minimum absolute atomic E-state index is 0.0983. The van der Waals surface area contributed by atoms with Gasteiger partial charge in [-0.25, -0.2) is 15.0 Å². The van der Waals surface area contributed by atoms with Crippen LogP contribution >= 0.6 is 23.1 Å². The molecule has 7 nitrogen and oxygen atoms in total. The lowest BCUT2D eigenvalue weighted by Crippen LogP contribution is -2.07. The maximum absolute atomic E-state index is 11.3. The number of thiazole rings is 1. The van der Waals surface area contributed by atoms with Crippen molar-refractivity contribution in [2.24, 2.45) is 0 Å². The second kappa shape index (κ2) is 6.62. The molecule has 20 heavy (non-hydrogen) atoms. The third kappa shape index (κ3) is 3.42. The lowest BCUT2D eigenvalue weighted by molar-refractivity contribution is -0.387. The Hall–Kier alpha value is -1.74. The van der Waals surface area contributed by atoms with Gasteiger partial charge in [0.2, 0.25) is 5.82 Å². The average molecular weight is 311 g/mol. The van der Waals surface area contributed by atoms with E-state index in [-0.39, 0.29) is 11.5 Å². The van der Waals surface area contributed by atoms with E-state index in [1.54, 1.807) is 0 Å². The van der Waals surface area contributed by atoms with Crippen LogP contribution in [0.2, 0.25) is 0 Å². The zero-order chi connectivity index (χ0) is 14.5. The van der Waals surface area contributed by atoms with E-state index in [2.05, 4.69) is 20.3 Å². The van der Waals surface area contributed by atoms with Crippen molar-refractivity contribution in [2.45, 2.75) is 29.6 Å². The van der Waals surface area contributed by atoms with Gasteiger partial charge in [0.05, 0.1) is 4.92 Å². The summed E-state index contributed by atoms with van der Waals surface area (Å²) in [5.74, 6) is 0.252. The zero-order valence-electron chi connectivity index (χ0n) is 11.0. The summed E-state index contributed by atoms with van der Waals surface area (Å²) in [5, 5.41) is 16.4. The molecule has 0 aromatic carbocycles. The summed E-state index contributed by atoms with van der Waals surface area (Å²) < 4.78 is 0.728. The summed E-state index contributed by atoms with van der Waals surface area (Å²) in [7, 11) is 0. The van der Waals surface area contributed by atoms with Gasteiger partial charge in [0.25, 0.3) is 0 Å². The Labute approximate surface area is 124 Å². The fraction of sp³-hybridized carbons (Fsp3) is 0.364. The van der Waals surface area contributed by atoms with E-state index in [9.17, 15) is 10.1 Å². The number of aryl methyl sites for hydroxylation is 1. The highest BCUT2D eigenvalue weighted by Gasteiger charge is 2.24. The highest BCUT2D eigenvalue weighted by atomic mass is 32.2. The van der Waals surface area contributed by atoms with Crippen molar-refractivity contribution in [1.82, 2.24) is 15.0 Å². The minimum Gasteiger partial charge on any atom is -0.364 e. The van der Waals surface area contributed by atoms with E-state index in [0.717, 1.165) is 16.5 Å². The molecule has 106 valence electrons. The van der Waals surface area contributed by atoms with Crippen LogP contribution in [0.1, 0.15) is 19.0 Å². The van der Waals surface area contributed by atoms with Crippen LogP contribution in [0.3, 0.4) is 0 Å². The highest BCUT2D eigenvalue weighted by molar-refractivity contribution is 8.01. The lowest BCUT2D eigenvalue weighted by Gasteiger charge is -2.06. The molecule has 1 N–H and O–H groups in total. The van der Waals surface area contributed by atoms with E-state index in [4.69, 9.17) is 0 Å². The molecular weight excluding hydrogens is 298 g/mol. The van der Waals surface area contributed by atoms with Gasteiger partial charge in [-0.2, -0.15) is 0 Å². The van der Waals surface area contributed by atoms with Crippen LogP contribution in [0, 0.1) is 17.0 Å². The van der Waals surface area contributed by atoms with Crippen molar-refractivity contribution >= 4 is 34.6 Å².